The van der Waals surface area contributed by atoms with Gasteiger partial charge in [0.15, 0.2) is 0 Å². The van der Waals surface area contributed by atoms with Gasteiger partial charge in [-0.2, -0.15) is 5.10 Å². The van der Waals surface area contributed by atoms with Gasteiger partial charge in [0.2, 0.25) is 0 Å². The summed E-state index contributed by atoms with van der Waals surface area (Å²) in [5, 5.41) is 17.6. The molecule has 0 aromatic carbocycles. The highest BCUT2D eigenvalue weighted by Crippen LogP contribution is 2.42. The van der Waals surface area contributed by atoms with Crippen LogP contribution in [-0.2, 0) is 0 Å². The summed E-state index contributed by atoms with van der Waals surface area (Å²) in [6.07, 6.45) is 7.63. The molecule has 0 spiro atoms. The third-order valence-corrected chi connectivity index (χ3v) is 4.64. The maximum Gasteiger partial charge on any atom is 0.254 e. The summed E-state index contributed by atoms with van der Waals surface area (Å²) in [6.45, 7) is 4.52. The Balaban J connectivity index is 1.72. The van der Waals surface area contributed by atoms with E-state index < -0.39 is 5.60 Å². The fourth-order valence-electron chi connectivity index (χ4n) is 3.27. The number of nitrogens with zero attached hydrogens (tertiary/aromatic N) is 2. The summed E-state index contributed by atoms with van der Waals surface area (Å²) in [5.41, 5.74) is 1.05. The largest absolute Gasteiger partial charge is 0.388 e. The highest BCUT2D eigenvalue weighted by Gasteiger charge is 2.35. The van der Waals surface area contributed by atoms with Crippen LogP contribution < -0.4 is 5.32 Å². The van der Waals surface area contributed by atoms with E-state index in [4.69, 9.17) is 0 Å². The molecular weight excluding hydrogens is 266 g/mol. The second-order valence-corrected chi connectivity index (χ2v) is 6.87. The van der Waals surface area contributed by atoms with Gasteiger partial charge in [0.1, 0.15) is 0 Å². The number of hydrogen-bond donors (Lipinski definition) is 2. The van der Waals surface area contributed by atoms with Crippen molar-refractivity contribution in [1.29, 1.82) is 0 Å². The minimum Gasteiger partial charge on any atom is -0.388 e. The van der Waals surface area contributed by atoms with Crippen LogP contribution in [0.15, 0.2) is 6.20 Å². The molecule has 0 radical (unpaired) electrons. The van der Waals surface area contributed by atoms with E-state index in [1.165, 1.54) is 0 Å². The molecule has 0 atom stereocenters. The maximum atomic E-state index is 12.5. The van der Waals surface area contributed by atoms with E-state index in [0.717, 1.165) is 44.2 Å². The molecular formula is C16H25N3O2. The van der Waals surface area contributed by atoms with Gasteiger partial charge in [-0.3, -0.25) is 9.48 Å². The predicted molar refractivity (Wildman–Crippen MR) is 80.3 cm³/mol. The molecule has 1 aromatic rings. The van der Waals surface area contributed by atoms with Gasteiger partial charge in [-0.05, 0) is 39.5 Å². The Morgan fingerprint density at radius 3 is 2.71 bits per heavy atom. The van der Waals surface area contributed by atoms with Crippen LogP contribution in [-0.4, -0.2) is 32.9 Å². The minimum absolute atomic E-state index is 0.0934. The average Bonchev–Trinajstić information content (AvgIpc) is 3.03. The molecule has 2 N–H and O–H groups in total. The van der Waals surface area contributed by atoms with Crippen LogP contribution in [0.4, 0.5) is 0 Å². The van der Waals surface area contributed by atoms with E-state index >= 15 is 0 Å². The molecule has 1 aromatic heterocycles. The number of hydrogen-bond acceptors (Lipinski definition) is 3. The van der Waals surface area contributed by atoms with Crippen LogP contribution in [0.5, 0.6) is 0 Å². The normalized spacial score (nSPS) is 21.0. The zero-order chi connectivity index (χ0) is 15.0. The lowest BCUT2D eigenvalue weighted by atomic mass is 10.0. The van der Waals surface area contributed by atoms with Crippen molar-refractivity contribution < 1.29 is 9.90 Å². The van der Waals surface area contributed by atoms with E-state index in [0.29, 0.717) is 18.0 Å². The molecule has 5 heteroatoms. The first-order valence-corrected chi connectivity index (χ1v) is 8.08. The highest BCUT2D eigenvalue weighted by atomic mass is 16.3. The third kappa shape index (κ3) is 2.98. The molecule has 2 fully saturated rings. The van der Waals surface area contributed by atoms with Crippen molar-refractivity contribution in [3.8, 4) is 0 Å². The van der Waals surface area contributed by atoms with Gasteiger partial charge in [-0.1, -0.05) is 12.8 Å². The molecule has 0 unspecified atom stereocenters. The molecule has 2 saturated carbocycles. The topological polar surface area (TPSA) is 67.2 Å². The van der Waals surface area contributed by atoms with Crippen molar-refractivity contribution in [3.63, 3.8) is 0 Å². The van der Waals surface area contributed by atoms with E-state index in [1.807, 2.05) is 4.68 Å². The lowest BCUT2D eigenvalue weighted by molar-refractivity contribution is 0.0449. The van der Waals surface area contributed by atoms with Crippen molar-refractivity contribution in [2.75, 3.05) is 6.54 Å². The van der Waals surface area contributed by atoms with E-state index in [-0.39, 0.29) is 11.9 Å². The fraction of sp³-hybridized carbons (Fsp3) is 0.750. The van der Waals surface area contributed by atoms with E-state index in [9.17, 15) is 9.90 Å². The molecule has 5 nitrogen and oxygen atoms in total. The molecule has 2 aliphatic rings. The molecule has 1 heterocycles. The summed E-state index contributed by atoms with van der Waals surface area (Å²) in [7, 11) is 0. The summed E-state index contributed by atoms with van der Waals surface area (Å²) in [4.78, 5) is 12.5. The van der Waals surface area contributed by atoms with Crippen LogP contribution in [0.1, 0.15) is 80.4 Å². The van der Waals surface area contributed by atoms with E-state index in [2.05, 4.69) is 24.3 Å². The van der Waals surface area contributed by atoms with Gasteiger partial charge >= 0.3 is 0 Å². The zero-order valence-corrected chi connectivity index (χ0v) is 12.9. The maximum absolute atomic E-state index is 12.5. The summed E-state index contributed by atoms with van der Waals surface area (Å²) in [6, 6.07) is 0.265. The third-order valence-electron chi connectivity index (χ3n) is 4.64. The van der Waals surface area contributed by atoms with Crippen molar-refractivity contribution in [1.82, 2.24) is 15.1 Å². The Morgan fingerprint density at radius 1 is 1.48 bits per heavy atom. The number of aromatic nitrogens is 2. The molecule has 0 saturated heterocycles. The first kappa shape index (κ1) is 14.6. The van der Waals surface area contributed by atoms with Gasteiger partial charge in [-0.25, -0.2) is 0 Å². The molecule has 3 rings (SSSR count). The minimum atomic E-state index is -0.705. The Hall–Kier alpha value is -1.36. The number of aliphatic hydroxyl groups is 1. The van der Waals surface area contributed by atoms with Crippen LogP contribution in [0.3, 0.4) is 0 Å². The van der Waals surface area contributed by atoms with E-state index in [1.54, 1.807) is 6.20 Å². The van der Waals surface area contributed by atoms with Crippen molar-refractivity contribution in [2.45, 2.75) is 69.9 Å². The second kappa shape index (κ2) is 5.44. The van der Waals surface area contributed by atoms with Crippen molar-refractivity contribution in [3.05, 3.63) is 17.5 Å². The molecule has 0 bridgehead atoms. The molecule has 2 aliphatic carbocycles. The van der Waals surface area contributed by atoms with Gasteiger partial charge in [-0.15, -0.1) is 0 Å². The van der Waals surface area contributed by atoms with Crippen LogP contribution in [0.2, 0.25) is 0 Å². The zero-order valence-electron chi connectivity index (χ0n) is 12.9. The van der Waals surface area contributed by atoms with Crippen molar-refractivity contribution >= 4 is 5.91 Å². The number of nitrogens with one attached hydrogen (secondary N) is 1. The Labute approximate surface area is 125 Å². The Bertz CT molecular complexity index is 526. The predicted octanol–water partition coefficient (Wildman–Crippen LogP) is 2.38. The van der Waals surface area contributed by atoms with Gasteiger partial charge in [0.05, 0.1) is 23.1 Å². The number of rotatable bonds is 5. The number of carbonyl (C=O) groups excluding carboxylic acids is 1. The second-order valence-electron chi connectivity index (χ2n) is 6.87. The SMILES string of the molecule is CC(C)n1ncc(C(=O)NCC2(O)CCCC2)c1C1CC1. The lowest BCUT2D eigenvalue weighted by Gasteiger charge is -2.22. The summed E-state index contributed by atoms with van der Waals surface area (Å²) >= 11 is 0. The first-order valence-electron chi connectivity index (χ1n) is 8.08. The fourth-order valence-corrected chi connectivity index (χ4v) is 3.27. The van der Waals surface area contributed by atoms with Gasteiger partial charge in [0.25, 0.3) is 5.91 Å². The highest BCUT2D eigenvalue weighted by molar-refractivity contribution is 5.95. The van der Waals surface area contributed by atoms with Gasteiger partial charge < -0.3 is 10.4 Å². The summed E-state index contributed by atoms with van der Waals surface area (Å²) in [5.74, 6) is 0.384. The summed E-state index contributed by atoms with van der Waals surface area (Å²) < 4.78 is 1.97. The van der Waals surface area contributed by atoms with Crippen LogP contribution >= 0.6 is 0 Å². The van der Waals surface area contributed by atoms with Crippen molar-refractivity contribution in [2.24, 2.45) is 0 Å². The molecule has 116 valence electrons. The lowest BCUT2D eigenvalue weighted by Crippen LogP contribution is -2.40. The Morgan fingerprint density at radius 2 is 2.14 bits per heavy atom. The number of amides is 1. The molecule has 1 amide bonds. The standard InChI is InChI=1S/C16H25N3O2/c1-11(2)19-14(12-5-6-12)13(9-18-19)15(20)17-10-16(21)7-3-4-8-16/h9,11-12,21H,3-8,10H2,1-2H3,(H,17,20). The monoisotopic (exact) mass is 291 g/mol. The van der Waals surface area contributed by atoms with Crippen LogP contribution in [0.25, 0.3) is 0 Å². The molecule has 0 aliphatic heterocycles. The number of carbonyl (C=O) groups is 1. The average molecular weight is 291 g/mol. The smallest absolute Gasteiger partial charge is 0.254 e. The van der Waals surface area contributed by atoms with Gasteiger partial charge in [0, 0.05) is 18.5 Å². The first-order chi connectivity index (χ1) is 10.0. The Kier molecular flexibility index (Phi) is 3.78. The molecule has 21 heavy (non-hydrogen) atoms. The quantitative estimate of drug-likeness (QED) is 0.875. The van der Waals surface area contributed by atoms with Crippen LogP contribution in [0, 0.1) is 0 Å².